The van der Waals surface area contributed by atoms with Crippen molar-refractivity contribution in [2.24, 2.45) is 0 Å². The number of anilines is 3. The standard InChI is InChI=1S/C55H52N2/c1-55(2)49-26-14-11-22-43(49)44-34-33-41(35-50(44)55)56(40-31-29-38(30-32-40)37-17-5-3-6-18-37)53-36-48(39-19-7-4-8-20-39)42-21-9-10-25-47(42)54(53)57-51-27-15-12-23-45(51)46-24-13-16-28-52(46)57/h9-16,21-37,39H,3-8,17-20H2,1-2H3. The molecule has 3 aliphatic carbocycles. The number of hydrogen-bond acceptors (Lipinski definition) is 1. The van der Waals surface area contributed by atoms with E-state index >= 15 is 0 Å². The number of fused-ring (bicyclic) bond motifs is 7. The highest BCUT2D eigenvalue weighted by atomic mass is 15.2. The minimum atomic E-state index is -0.106. The molecule has 8 aromatic rings. The van der Waals surface area contributed by atoms with Gasteiger partial charge in [-0.25, -0.2) is 0 Å². The molecular weight excluding hydrogens is 689 g/mol. The van der Waals surface area contributed by atoms with Crippen LogP contribution >= 0.6 is 0 Å². The predicted molar refractivity (Wildman–Crippen MR) is 242 cm³/mol. The molecule has 0 spiro atoms. The Bertz CT molecular complexity index is 2730. The summed E-state index contributed by atoms with van der Waals surface area (Å²) in [6.45, 7) is 4.82. The lowest BCUT2D eigenvalue weighted by atomic mass is 9.81. The lowest BCUT2D eigenvalue weighted by Crippen LogP contribution is -2.18. The van der Waals surface area contributed by atoms with Crippen LogP contribution in [0.4, 0.5) is 17.1 Å². The van der Waals surface area contributed by atoms with Crippen LogP contribution in [-0.4, -0.2) is 4.57 Å². The van der Waals surface area contributed by atoms with Crippen molar-refractivity contribution < 1.29 is 0 Å². The second-order valence-electron chi connectivity index (χ2n) is 17.7. The fourth-order valence-corrected chi connectivity index (χ4v) is 11.3. The van der Waals surface area contributed by atoms with Gasteiger partial charge in [-0.05, 0) is 119 Å². The maximum absolute atomic E-state index is 2.63. The van der Waals surface area contributed by atoms with Gasteiger partial charge in [0.15, 0.2) is 0 Å². The average Bonchev–Trinajstić information content (AvgIpc) is 3.72. The van der Waals surface area contributed by atoms with E-state index in [-0.39, 0.29) is 5.41 Å². The van der Waals surface area contributed by atoms with Crippen molar-refractivity contribution in [3.05, 3.63) is 168 Å². The zero-order valence-electron chi connectivity index (χ0n) is 33.5. The lowest BCUT2D eigenvalue weighted by Gasteiger charge is -2.33. The molecule has 57 heavy (non-hydrogen) atoms. The van der Waals surface area contributed by atoms with Gasteiger partial charge in [0.25, 0.3) is 0 Å². The normalized spacial score (nSPS) is 16.9. The van der Waals surface area contributed by atoms with Crippen molar-refractivity contribution in [1.82, 2.24) is 4.57 Å². The van der Waals surface area contributed by atoms with Gasteiger partial charge in [-0.15, -0.1) is 0 Å². The lowest BCUT2D eigenvalue weighted by molar-refractivity contribution is 0.443. The number of aromatic nitrogens is 1. The van der Waals surface area contributed by atoms with Crippen molar-refractivity contribution in [1.29, 1.82) is 0 Å². The van der Waals surface area contributed by atoms with Crippen LogP contribution in [0.25, 0.3) is 49.4 Å². The molecule has 0 atom stereocenters. The summed E-state index contributed by atoms with van der Waals surface area (Å²) in [4.78, 5) is 2.63. The highest BCUT2D eigenvalue weighted by molar-refractivity contribution is 6.12. The Kier molecular flexibility index (Phi) is 8.39. The summed E-state index contributed by atoms with van der Waals surface area (Å²) in [6.07, 6.45) is 13.1. The Balaban J connectivity index is 1.23. The third-order valence-corrected chi connectivity index (χ3v) is 14.2. The molecular formula is C55H52N2. The third-order valence-electron chi connectivity index (χ3n) is 14.2. The third kappa shape index (κ3) is 5.58. The molecule has 0 bridgehead atoms. The maximum atomic E-state index is 2.63. The van der Waals surface area contributed by atoms with Crippen molar-refractivity contribution in [2.75, 3.05) is 4.90 Å². The highest BCUT2D eigenvalue weighted by Gasteiger charge is 2.36. The smallest absolute Gasteiger partial charge is 0.0782 e. The van der Waals surface area contributed by atoms with Gasteiger partial charge in [0, 0.05) is 32.9 Å². The van der Waals surface area contributed by atoms with Gasteiger partial charge < -0.3 is 9.47 Å². The zero-order valence-corrected chi connectivity index (χ0v) is 33.5. The highest BCUT2D eigenvalue weighted by Crippen LogP contribution is 2.53. The summed E-state index contributed by atoms with van der Waals surface area (Å²) in [5.41, 5.74) is 15.8. The fraction of sp³-hybridized carbons (Fsp3) is 0.273. The summed E-state index contributed by atoms with van der Waals surface area (Å²) in [5, 5.41) is 5.29. The van der Waals surface area contributed by atoms with Crippen LogP contribution in [0.1, 0.15) is 112 Å². The summed E-state index contributed by atoms with van der Waals surface area (Å²) in [5.74, 6) is 1.20. The van der Waals surface area contributed by atoms with E-state index in [2.05, 4.69) is 169 Å². The van der Waals surface area contributed by atoms with Gasteiger partial charge in [0.2, 0.25) is 0 Å². The number of rotatable bonds is 6. The number of para-hydroxylation sites is 2. The van der Waals surface area contributed by atoms with Gasteiger partial charge in [0.1, 0.15) is 0 Å². The molecule has 0 amide bonds. The molecule has 0 unspecified atom stereocenters. The van der Waals surface area contributed by atoms with Crippen LogP contribution in [-0.2, 0) is 5.41 Å². The second-order valence-corrected chi connectivity index (χ2v) is 17.7. The van der Waals surface area contributed by atoms with Crippen molar-refractivity contribution in [3.8, 4) is 16.8 Å². The molecule has 11 rings (SSSR count). The molecule has 2 heteroatoms. The largest absolute Gasteiger partial charge is 0.308 e. The molecule has 2 fully saturated rings. The molecule has 2 nitrogen and oxygen atoms in total. The molecule has 0 N–H and O–H groups in total. The van der Waals surface area contributed by atoms with Crippen LogP contribution in [0, 0.1) is 0 Å². The van der Waals surface area contributed by atoms with Gasteiger partial charge in [0.05, 0.1) is 22.4 Å². The van der Waals surface area contributed by atoms with Gasteiger partial charge >= 0.3 is 0 Å². The molecule has 1 aromatic heterocycles. The minimum Gasteiger partial charge on any atom is -0.308 e. The molecule has 7 aromatic carbocycles. The topological polar surface area (TPSA) is 8.17 Å². The molecule has 0 radical (unpaired) electrons. The Morgan fingerprint density at radius 3 is 1.70 bits per heavy atom. The Labute approximate surface area is 337 Å². The van der Waals surface area contributed by atoms with E-state index in [9.17, 15) is 0 Å². The predicted octanol–water partition coefficient (Wildman–Crippen LogP) is 15.8. The second kappa shape index (κ2) is 13.8. The Hall–Kier alpha value is -5.60. The first-order chi connectivity index (χ1) is 28.1. The fourth-order valence-electron chi connectivity index (χ4n) is 11.3. The monoisotopic (exact) mass is 740 g/mol. The molecule has 1 heterocycles. The van der Waals surface area contributed by atoms with E-state index in [0.717, 1.165) is 0 Å². The molecule has 2 saturated carbocycles. The summed E-state index contributed by atoms with van der Waals surface area (Å²) in [6, 6.07) is 56.1. The first kappa shape index (κ1) is 34.6. The molecule has 282 valence electrons. The van der Waals surface area contributed by atoms with Crippen molar-refractivity contribution in [2.45, 2.75) is 95.3 Å². The zero-order chi connectivity index (χ0) is 38.1. The molecule has 3 aliphatic rings. The average molecular weight is 741 g/mol. The number of benzene rings is 7. The summed E-state index contributed by atoms with van der Waals surface area (Å²) in [7, 11) is 0. The number of nitrogens with zero attached hydrogens (tertiary/aromatic N) is 2. The van der Waals surface area contributed by atoms with Crippen LogP contribution < -0.4 is 4.90 Å². The van der Waals surface area contributed by atoms with Gasteiger partial charge in [-0.1, -0.05) is 156 Å². The summed E-state index contributed by atoms with van der Waals surface area (Å²) >= 11 is 0. The van der Waals surface area contributed by atoms with E-state index < -0.39 is 0 Å². The van der Waals surface area contributed by atoms with Crippen LogP contribution in [0.3, 0.4) is 0 Å². The van der Waals surface area contributed by atoms with E-state index in [0.29, 0.717) is 11.8 Å². The Morgan fingerprint density at radius 1 is 0.474 bits per heavy atom. The van der Waals surface area contributed by atoms with E-state index in [4.69, 9.17) is 0 Å². The molecule has 0 saturated heterocycles. The van der Waals surface area contributed by atoms with Gasteiger partial charge in [-0.3, -0.25) is 0 Å². The van der Waals surface area contributed by atoms with Crippen molar-refractivity contribution >= 4 is 49.6 Å². The molecule has 0 aliphatic heterocycles. The first-order valence-electron chi connectivity index (χ1n) is 21.7. The first-order valence-corrected chi connectivity index (χ1v) is 21.7. The van der Waals surface area contributed by atoms with Crippen LogP contribution in [0.15, 0.2) is 146 Å². The summed E-state index contributed by atoms with van der Waals surface area (Å²) < 4.78 is 2.59. The van der Waals surface area contributed by atoms with Crippen LogP contribution in [0.5, 0.6) is 0 Å². The number of hydrogen-bond donors (Lipinski definition) is 0. The SMILES string of the molecule is CC1(C)c2ccccc2-c2ccc(N(c3ccc(C4CCCCC4)cc3)c3cc(C4CCCCC4)c4ccccc4c3-n3c4ccccc4c4ccccc43)cc21. The maximum Gasteiger partial charge on any atom is 0.0782 e. The van der Waals surface area contributed by atoms with E-state index in [1.165, 1.54) is 153 Å². The van der Waals surface area contributed by atoms with Crippen molar-refractivity contribution in [3.63, 3.8) is 0 Å². The van der Waals surface area contributed by atoms with Crippen LogP contribution in [0.2, 0.25) is 0 Å². The Morgan fingerprint density at radius 2 is 1.02 bits per heavy atom. The quantitative estimate of drug-likeness (QED) is 0.165. The van der Waals surface area contributed by atoms with E-state index in [1.54, 1.807) is 0 Å². The minimum absolute atomic E-state index is 0.106. The van der Waals surface area contributed by atoms with Gasteiger partial charge in [-0.2, -0.15) is 0 Å². The van der Waals surface area contributed by atoms with E-state index in [1.807, 2.05) is 0 Å².